The van der Waals surface area contributed by atoms with Crippen LogP contribution in [-0.4, -0.2) is 110 Å². The number of amides is 4. The highest BCUT2D eigenvalue weighted by Crippen LogP contribution is 2.61. The van der Waals surface area contributed by atoms with E-state index in [-0.39, 0.29) is 48.6 Å². The minimum Gasteiger partial charge on any atom is -0.490 e. The number of aliphatic hydroxyl groups is 1. The zero-order valence-electron chi connectivity index (χ0n) is 36.7. The molecule has 332 valence electrons. The fraction of sp³-hybridized carbons (Fsp3) is 0.500. The van der Waals surface area contributed by atoms with Gasteiger partial charge in [-0.3, -0.25) is 39.3 Å². The zero-order valence-corrected chi connectivity index (χ0v) is 36.7. The Kier molecular flexibility index (Phi) is 10.1. The van der Waals surface area contributed by atoms with Gasteiger partial charge < -0.3 is 24.8 Å². The summed E-state index contributed by atoms with van der Waals surface area (Å²) in [6, 6.07) is 16.1. The second-order valence-corrected chi connectivity index (χ2v) is 19.5. The average Bonchev–Trinajstić information content (AvgIpc) is 3.52. The van der Waals surface area contributed by atoms with Gasteiger partial charge in [0.25, 0.3) is 11.8 Å². The lowest BCUT2D eigenvalue weighted by molar-refractivity contribution is -0.139. The number of ether oxygens (including phenoxy) is 2. The van der Waals surface area contributed by atoms with Crippen LogP contribution < -0.4 is 25.0 Å². The summed E-state index contributed by atoms with van der Waals surface area (Å²) in [6.45, 7) is 13.4. The van der Waals surface area contributed by atoms with Crippen LogP contribution in [-0.2, 0) is 15.0 Å². The Morgan fingerprint density at radius 1 is 1.06 bits per heavy atom. The third-order valence-electron chi connectivity index (χ3n) is 15.0. The van der Waals surface area contributed by atoms with Crippen LogP contribution in [0.15, 0.2) is 54.7 Å². The van der Waals surface area contributed by atoms with Crippen LogP contribution in [0.4, 0.5) is 5.82 Å². The number of fused-ring (bicyclic) bond motifs is 3. The first-order valence-corrected chi connectivity index (χ1v) is 22.5. The predicted octanol–water partition coefficient (Wildman–Crippen LogP) is 4.54. The summed E-state index contributed by atoms with van der Waals surface area (Å²) in [5.41, 5.74) is 2.14. The summed E-state index contributed by atoms with van der Waals surface area (Å²) < 4.78 is 12.9. The molecule has 2 saturated carbocycles. The molecule has 16 heteroatoms. The van der Waals surface area contributed by atoms with Crippen molar-refractivity contribution in [2.75, 3.05) is 24.5 Å². The fourth-order valence-corrected chi connectivity index (χ4v) is 11.7. The van der Waals surface area contributed by atoms with E-state index in [0.29, 0.717) is 51.7 Å². The second kappa shape index (κ2) is 15.5. The first-order valence-electron chi connectivity index (χ1n) is 22.5. The highest BCUT2D eigenvalue weighted by molar-refractivity contribution is 6.06. The number of anilines is 1. The third kappa shape index (κ3) is 6.65. The number of hydrogen-bond acceptors (Lipinski definition) is 13. The number of nitrogens with one attached hydrogen (secondary N) is 2. The van der Waals surface area contributed by atoms with Crippen LogP contribution in [0, 0.1) is 22.7 Å². The SMILES string of the molecule is CC(C)N(CC1CCN(c2ccc(C(=O)NC3C(C)(C)[C@@H]4Oc5ccc(C#N)c6nccc(c56)C34C)nn2)CC1)C1CC(Oc2ccc3c(c2)C(O)N(C2CCC(=O)NC2=O)C3=O)C1. The van der Waals surface area contributed by atoms with Crippen molar-refractivity contribution in [3.05, 3.63) is 82.7 Å². The number of aromatic nitrogens is 3. The van der Waals surface area contributed by atoms with Crippen molar-refractivity contribution in [2.45, 2.75) is 121 Å². The fourth-order valence-electron chi connectivity index (χ4n) is 11.7. The number of pyridine rings is 1. The van der Waals surface area contributed by atoms with E-state index in [4.69, 9.17) is 9.47 Å². The van der Waals surface area contributed by atoms with E-state index >= 15 is 0 Å². The molecule has 2 aliphatic carbocycles. The zero-order chi connectivity index (χ0) is 44.8. The lowest BCUT2D eigenvalue weighted by atomic mass is 9.45. The molecule has 4 fully saturated rings. The number of piperidine rings is 2. The highest BCUT2D eigenvalue weighted by Gasteiger charge is 2.69. The average molecular weight is 868 g/mol. The van der Waals surface area contributed by atoms with Gasteiger partial charge in [0.2, 0.25) is 11.8 Å². The maximum Gasteiger partial charge on any atom is 0.272 e. The predicted molar refractivity (Wildman–Crippen MR) is 233 cm³/mol. The molecule has 0 radical (unpaired) electrons. The molecule has 2 saturated heterocycles. The van der Waals surface area contributed by atoms with E-state index in [0.717, 1.165) is 67.0 Å². The molecule has 6 aliphatic rings. The summed E-state index contributed by atoms with van der Waals surface area (Å²) in [5.74, 6) is 0.863. The van der Waals surface area contributed by atoms with Crippen molar-refractivity contribution in [3.8, 4) is 17.6 Å². The lowest BCUT2D eigenvalue weighted by Crippen LogP contribution is -2.78. The molecule has 3 N–H and O–H groups in total. The van der Waals surface area contributed by atoms with Gasteiger partial charge in [0.05, 0.1) is 22.5 Å². The number of carbonyl (C=O) groups is 4. The Labute approximate surface area is 371 Å². The molecule has 2 aromatic heterocycles. The number of imide groups is 1. The molecule has 4 amide bonds. The number of hydrogen-bond donors (Lipinski definition) is 3. The molecule has 0 spiro atoms. The van der Waals surface area contributed by atoms with Crippen molar-refractivity contribution in [1.29, 1.82) is 5.26 Å². The van der Waals surface area contributed by atoms with Crippen molar-refractivity contribution in [3.63, 3.8) is 0 Å². The van der Waals surface area contributed by atoms with Crippen LogP contribution in [0.5, 0.6) is 11.5 Å². The largest absolute Gasteiger partial charge is 0.490 e. The number of rotatable bonds is 10. The molecule has 6 heterocycles. The first kappa shape index (κ1) is 41.8. The van der Waals surface area contributed by atoms with Gasteiger partial charge >= 0.3 is 0 Å². The van der Waals surface area contributed by atoms with Gasteiger partial charge in [-0.25, -0.2) is 0 Å². The van der Waals surface area contributed by atoms with Crippen molar-refractivity contribution < 1.29 is 33.8 Å². The molecule has 2 aromatic carbocycles. The summed E-state index contributed by atoms with van der Waals surface area (Å²) in [7, 11) is 0. The molecule has 64 heavy (non-hydrogen) atoms. The maximum atomic E-state index is 13.8. The standard InChI is InChI=1S/C48H53N9O7/c1-25(2)56(28-20-30(21-28)63-29-7-8-31-32(22-29)44(62)57(43(31)61)35-10-13-38(58)51-42(35)60)24-26-15-18-55(19-16-26)37-12-9-34(53-54-37)41(59)52-45-47(3,4)46-48(45,5)33-14-17-50-40-27(23-49)6-11-36(64-46)39(33)40/h6-9,11-12,14,17,22,25-26,28,30,35,44-46,62H,10,13,15-16,18-21,24H2,1-5H3,(H,52,59)(H,51,58,60)/t28?,30?,35?,44?,45?,46-,48?/m0/s1. The van der Waals surface area contributed by atoms with Gasteiger partial charge in [0.15, 0.2) is 17.7 Å². The van der Waals surface area contributed by atoms with Gasteiger partial charge in [0, 0.05) is 79.1 Å². The third-order valence-corrected chi connectivity index (χ3v) is 15.0. The summed E-state index contributed by atoms with van der Waals surface area (Å²) in [6.07, 6.45) is 4.26. The van der Waals surface area contributed by atoms with Gasteiger partial charge in [0.1, 0.15) is 35.8 Å². The highest BCUT2D eigenvalue weighted by atomic mass is 16.5. The monoisotopic (exact) mass is 867 g/mol. The van der Waals surface area contributed by atoms with E-state index in [1.165, 1.54) is 0 Å². The van der Waals surface area contributed by atoms with Crippen LogP contribution >= 0.6 is 0 Å². The Hall–Kier alpha value is -6.18. The van der Waals surface area contributed by atoms with E-state index in [1.807, 2.05) is 18.2 Å². The topological polar surface area (TPSA) is 203 Å². The van der Waals surface area contributed by atoms with Crippen LogP contribution in [0.3, 0.4) is 0 Å². The quantitative estimate of drug-likeness (QED) is 0.188. The maximum absolute atomic E-state index is 13.8. The Morgan fingerprint density at radius 2 is 1.84 bits per heavy atom. The first-order chi connectivity index (χ1) is 30.7. The molecule has 4 aliphatic heterocycles. The minimum atomic E-state index is -1.29. The molecule has 10 rings (SSSR count). The molecule has 16 nitrogen and oxygen atoms in total. The molecule has 5 atom stereocenters. The van der Waals surface area contributed by atoms with Gasteiger partial charge in [-0.05, 0) is 100 Å². The number of benzene rings is 2. The summed E-state index contributed by atoms with van der Waals surface area (Å²) in [5, 5.41) is 36.1. The minimum absolute atomic E-state index is 0.000374. The Bertz CT molecular complexity index is 2620. The number of nitrogens with zero attached hydrogens (tertiary/aromatic N) is 7. The summed E-state index contributed by atoms with van der Waals surface area (Å²) in [4.78, 5) is 61.6. The molecule has 0 bridgehead atoms. The van der Waals surface area contributed by atoms with Crippen LogP contribution in [0.2, 0.25) is 0 Å². The lowest BCUT2D eigenvalue weighted by Gasteiger charge is -2.66. The molecular weight excluding hydrogens is 815 g/mol. The van der Waals surface area contributed by atoms with Crippen molar-refractivity contribution in [1.82, 2.24) is 35.6 Å². The van der Waals surface area contributed by atoms with Gasteiger partial charge in [-0.1, -0.05) is 13.8 Å². The normalized spacial score (nSPS) is 28.1. The van der Waals surface area contributed by atoms with Gasteiger partial charge in [-0.2, -0.15) is 5.26 Å². The Balaban J connectivity index is 0.718. The molecular formula is C48H53N9O7. The van der Waals surface area contributed by atoms with E-state index in [1.54, 1.807) is 36.5 Å². The smallest absolute Gasteiger partial charge is 0.272 e. The number of carbonyl (C=O) groups excluding carboxylic acids is 4. The van der Waals surface area contributed by atoms with E-state index in [2.05, 4.69) is 76.3 Å². The molecule has 4 aromatic rings. The van der Waals surface area contributed by atoms with Crippen LogP contribution in [0.25, 0.3) is 10.9 Å². The molecule has 4 unspecified atom stereocenters. The van der Waals surface area contributed by atoms with Gasteiger partial charge in [-0.15, -0.1) is 10.2 Å². The number of nitriles is 1. The second-order valence-electron chi connectivity index (χ2n) is 19.5. The number of aliphatic hydroxyl groups excluding tert-OH is 1. The van der Waals surface area contributed by atoms with Crippen LogP contribution in [0.1, 0.15) is 117 Å². The van der Waals surface area contributed by atoms with Crippen molar-refractivity contribution in [2.24, 2.45) is 11.3 Å². The van der Waals surface area contributed by atoms with E-state index < -0.39 is 34.9 Å². The van der Waals surface area contributed by atoms with Crippen molar-refractivity contribution >= 4 is 40.3 Å². The van der Waals surface area contributed by atoms with E-state index in [9.17, 15) is 29.5 Å². The Morgan fingerprint density at radius 3 is 2.55 bits per heavy atom. The summed E-state index contributed by atoms with van der Waals surface area (Å²) >= 11 is 0.